The molecule has 164 valence electrons. The topological polar surface area (TPSA) is 112 Å². The monoisotopic (exact) mass is 472 g/mol. The van der Waals surface area contributed by atoms with Crippen molar-refractivity contribution in [2.45, 2.75) is 18.5 Å². The molecule has 1 amide bonds. The van der Waals surface area contributed by atoms with Gasteiger partial charge in [-0.25, -0.2) is 9.07 Å². The van der Waals surface area contributed by atoms with E-state index in [1.165, 1.54) is 28.6 Å². The number of amides is 1. The number of nitrogens with one attached hydrogen (secondary N) is 1. The summed E-state index contributed by atoms with van der Waals surface area (Å²) >= 11 is 7.26. The van der Waals surface area contributed by atoms with Crippen LogP contribution >= 0.6 is 23.4 Å². The maximum atomic E-state index is 13.5. The second kappa shape index (κ2) is 9.01. The minimum atomic E-state index is -0.440. The zero-order valence-electron chi connectivity index (χ0n) is 17.1. The van der Waals surface area contributed by atoms with Gasteiger partial charge in [0.15, 0.2) is 0 Å². The van der Waals surface area contributed by atoms with Crippen molar-refractivity contribution in [3.63, 3.8) is 0 Å². The fourth-order valence-electron chi connectivity index (χ4n) is 3.01. The van der Waals surface area contributed by atoms with Crippen LogP contribution in [-0.2, 0) is 11.3 Å². The highest BCUT2D eigenvalue weighted by Gasteiger charge is 2.24. The molecular weight excluding hydrogens is 455 g/mol. The number of nitrogens with zero attached hydrogens (tertiary/aromatic N) is 4. The molecule has 32 heavy (non-hydrogen) atoms. The average Bonchev–Trinajstić information content (AvgIpc) is 3.36. The van der Waals surface area contributed by atoms with Crippen molar-refractivity contribution in [3.8, 4) is 22.8 Å². The van der Waals surface area contributed by atoms with Crippen LogP contribution in [0, 0.1) is 12.7 Å². The average molecular weight is 473 g/mol. The summed E-state index contributed by atoms with van der Waals surface area (Å²) in [6.45, 7) is 1.60. The van der Waals surface area contributed by atoms with Crippen LogP contribution in [-0.4, -0.2) is 32.1 Å². The van der Waals surface area contributed by atoms with Gasteiger partial charge in [-0.1, -0.05) is 22.8 Å². The Labute approximate surface area is 191 Å². The second-order valence-electron chi connectivity index (χ2n) is 6.86. The van der Waals surface area contributed by atoms with Gasteiger partial charge in [-0.15, -0.1) is 11.8 Å². The molecule has 2 heterocycles. The Hall–Kier alpha value is -3.37. The third-order valence-electron chi connectivity index (χ3n) is 4.66. The Morgan fingerprint density at radius 1 is 1.28 bits per heavy atom. The van der Waals surface area contributed by atoms with Gasteiger partial charge in [0, 0.05) is 16.3 Å². The number of nitrogen functional groups attached to an aromatic ring is 1. The van der Waals surface area contributed by atoms with Crippen LogP contribution in [0.15, 0.2) is 52.0 Å². The summed E-state index contributed by atoms with van der Waals surface area (Å²) in [5.41, 5.74) is 8.57. The summed E-state index contributed by atoms with van der Waals surface area (Å²) in [4.78, 5) is 17.0. The van der Waals surface area contributed by atoms with Gasteiger partial charge in [0.25, 0.3) is 5.89 Å². The lowest BCUT2D eigenvalue weighted by Gasteiger charge is -2.09. The first-order valence-corrected chi connectivity index (χ1v) is 11.0. The van der Waals surface area contributed by atoms with Crippen LogP contribution in [0.3, 0.4) is 0 Å². The first kappa shape index (κ1) is 21.8. The molecule has 0 aliphatic carbocycles. The van der Waals surface area contributed by atoms with Crippen molar-refractivity contribution >= 4 is 40.8 Å². The Kier molecular flexibility index (Phi) is 6.15. The van der Waals surface area contributed by atoms with Crippen molar-refractivity contribution in [3.05, 3.63) is 58.9 Å². The number of thioether (sulfide) groups is 1. The molecule has 0 aliphatic rings. The predicted molar refractivity (Wildman–Crippen MR) is 122 cm³/mol. The summed E-state index contributed by atoms with van der Waals surface area (Å²) in [5.74, 6) is -0.0878. The van der Waals surface area contributed by atoms with Crippen LogP contribution in [0.25, 0.3) is 22.8 Å². The number of aromatic nitrogens is 4. The van der Waals surface area contributed by atoms with Crippen LogP contribution in [0.5, 0.6) is 0 Å². The molecule has 0 radical (unpaired) electrons. The first-order valence-electron chi connectivity index (χ1n) is 9.42. The van der Waals surface area contributed by atoms with E-state index >= 15 is 0 Å². The molecule has 0 saturated heterocycles. The number of halogens is 2. The van der Waals surface area contributed by atoms with E-state index in [0.29, 0.717) is 27.1 Å². The largest absolute Gasteiger partial charge is 0.383 e. The third kappa shape index (κ3) is 4.46. The van der Waals surface area contributed by atoms with Gasteiger partial charge in [0.1, 0.15) is 28.8 Å². The fourth-order valence-corrected chi connectivity index (χ4v) is 3.71. The third-order valence-corrected chi connectivity index (χ3v) is 5.59. The number of nitrogens with two attached hydrogens (primary N) is 1. The highest BCUT2D eigenvalue weighted by molar-refractivity contribution is 7.98. The van der Waals surface area contributed by atoms with Gasteiger partial charge < -0.3 is 15.6 Å². The molecule has 4 rings (SSSR count). The quantitative estimate of drug-likeness (QED) is 0.393. The summed E-state index contributed by atoms with van der Waals surface area (Å²) < 4.78 is 20.3. The van der Waals surface area contributed by atoms with Crippen LogP contribution in [0.4, 0.5) is 15.9 Å². The first-order chi connectivity index (χ1) is 15.4. The maximum absolute atomic E-state index is 13.5. The zero-order valence-corrected chi connectivity index (χ0v) is 18.7. The Bertz CT molecular complexity index is 1290. The molecule has 8 nitrogen and oxygen atoms in total. The van der Waals surface area contributed by atoms with Gasteiger partial charge in [-0.2, -0.15) is 10.1 Å². The Balaban J connectivity index is 1.59. The van der Waals surface area contributed by atoms with E-state index in [1.807, 2.05) is 6.26 Å². The highest BCUT2D eigenvalue weighted by Crippen LogP contribution is 2.35. The van der Waals surface area contributed by atoms with Crippen molar-refractivity contribution in [1.29, 1.82) is 0 Å². The van der Waals surface area contributed by atoms with Crippen molar-refractivity contribution in [2.75, 3.05) is 17.3 Å². The summed E-state index contributed by atoms with van der Waals surface area (Å²) in [7, 11) is 0. The summed E-state index contributed by atoms with van der Waals surface area (Å²) in [6, 6.07) is 11.2. The molecule has 0 spiro atoms. The van der Waals surface area contributed by atoms with Crippen molar-refractivity contribution < 1.29 is 13.7 Å². The number of hydrogen-bond acceptors (Lipinski definition) is 7. The SMILES string of the molecule is CSc1nn(CC(=O)Nc2cc(F)ccc2C)c(N)c1-c1nc(-c2ccc(Cl)cc2)no1. The van der Waals surface area contributed by atoms with Crippen LogP contribution in [0.2, 0.25) is 5.02 Å². The van der Waals surface area contributed by atoms with E-state index in [9.17, 15) is 9.18 Å². The van der Waals surface area contributed by atoms with E-state index in [4.69, 9.17) is 21.9 Å². The number of benzene rings is 2. The number of aryl methyl sites for hydroxylation is 1. The number of carbonyl (C=O) groups excluding carboxylic acids is 1. The van der Waals surface area contributed by atoms with Crippen LogP contribution < -0.4 is 11.1 Å². The molecule has 2 aromatic heterocycles. The Morgan fingerprint density at radius 2 is 2.03 bits per heavy atom. The summed E-state index contributed by atoms with van der Waals surface area (Å²) in [6.07, 6.45) is 1.82. The lowest BCUT2D eigenvalue weighted by molar-refractivity contribution is -0.116. The van der Waals surface area contributed by atoms with Gasteiger partial charge in [0.2, 0.25) is 11.7 Å². The molecule has 4 aromatic rings. The normalized spacial score (nSPS) is 11.0. The van der Waals surface area contributed by atoms with E-state index in [0.717, 1.165) is 11.1 Å². The smallest absolute Gasteiger partial charge is 0.264 e. The maximum Gasteiger partial charge on any atom is 0.264 e. The van der Waals surface area contributed by atoms with Crippen LogP contribution in [0.1, 0.15) is 5.56 Å². The van der Waals surface area contributed by atoms with Gasteiger partial charge in [-0.05, 0) is 55.1 Å². The Morgan fingerprint density at radius 3 is 2.75 bits per heavy atom. The summed E-state index contributed by atoms with van der Waals surface area (Å²) in [5, 5.41) is 12.2. The second-order valence-corrected chi connectivity index (χ2v) is 8.10. The standard InChI is InChI=1S/C21H18ClFN6O2S/c1-11-3-8-14(23)9-15(11)25-16(30)10-29-18(24)17(21(27-29)32-2)20-26-19(28-31-20)12-4-6-13(22)7-5-12/h3-9H,10,24H2,1-2H3,(H,25,30). The van der Waals surface area contributed by atoms with E-state index in [2.05, 4.69) is 20.6 Å². The van der Waals surface area contributed by atoms with Gasteiger partial charge in [0.05, 0.1) is 0 Å². The fraction of sp³-hybridized carbons (Fsp3) is 0.143. The van der Waals surface area contributed by atoms with E-state index in [1.54, 1.807) is 37.3 Å². The number of carbonyl (C=O) groups is 1. The molecule has 0 unspecified atom stereocenters. The molecule has 0 aliphatic heterocycles. The van der Waals surface area contributed by atoms with Gasteiger partial charge >= 0.3 is 0 Å². The predicted octanol–water partition coefficient (Wildman–Crippen LogP) is 4.64. The lowest BCUT2D eigenvalue weighted by atomic mass is 10.2. The van der Waals surface area contributed by atoms with Crippen molar-refractivity contribution in [1.82, 2.24) is 19.9 Å². The lowest BCUT2D eigenvalue weighted by Crippen LogP contribution is -2.21. The molecule has 2 aromatic carbocycles. The number of anilines is 2. The minimum Gasteiger partial charge on any atom is -0.383 e. The minimum absolute atomic E-state index is 0.173. The molecular formula is C21H18ClFN6O2S. The highest BCUT2D eigenvalue weighted by atomic mass is 35.5. The molecule has 3 N–H and O–H groups in total. The zero-order chi connectivity index (χ0) is 22.8. The number of rotatable bonds is 6. The van der Waals surface area contributed by atoms with E-state index < -0.39 is 11.7 Å². The molecule has 0 atom stereocenters. The molecule has 0 saturated carbocycles. The van der Waals surface area contributed by atoms with E-state index in [-0.39, 0.29) is 18.3 Å². The van der Waals surface area contributed by atoms with Gasteiger partial charge in [-0.3, -0.25) is 4.79 Å². The van der Waals surface area contributed by atoms with Crippen molar-refractivity contribution in [2.24, 2.45) is 0 Å². The molecule has 0 bridgehead atoms. The number of hydrogen-bond donors (Lipinski definition) is 2. The molecule has 11 heteroatoms. The molecule has 0 fully saturated rings.